The van der Waals surface area contributed by atoms with Crippen molar-refractivity contribution in [3.8, 4) is 11.5 Å². The first-order valence-corrected chi connectivity index (χ1v) is 6.00. The van der Waals surface area contributed by atoms with Gasteiger partial charge in [-0.25, -0.2) is 0 Å². The van der Waals surface area contributed by atoms with E-state index in [1.165, 1.54) is 18.2 Å². The third kappa shape index (κ3) is 2.66. The first-order chi connectivity index (χ1) is 9.52. The van der Waals surface area contributed by atoms with Gasteiger partial charge in [-0.15, -0.1) is 0 Å². The Bertz CT molecular complexity index is 680. The second-order valence-corrected chi connectivity index (χ2v) is 4.40. The number of rotatable bonds is 4. The maximum atomic E-state index is 10.9. The van der Waals surface area contributed by atoms with E-state index in [2.05, 4.69) is 0 Å². The molecule has 0 radical (unpaired) electrons. The molecule has 0 aliphatic heterocycles. The van der Waals surface area contributed by atoms with Crippen molar-refractivity contribution in [1.29, 1.82) is 0 Å². The number of nitro benzene ring substituents is 1. The number of benzene rings is 2. The first kappa shape index (κ1) is 13.7. The smallest absolute Gasteiger partial charge is 0.280 e. The van der Waals surface area contributed by atoms with Crippen LogP contribution < -0.4 is 4.74 Å². The number of nitro groups is 1. The largest absolute Gasteiger partial charge is 0.457 e. The Hall–Kier alpha value is -2.69. The Labute approximate surface area is 116 Å². The SMILES string of the molecule is Cc1cccc(Oc2ccc([N+](=O)[O-])c(C=O)c2)c1C. The number of carbonyl (C=O) groups is 1. The summed E-state index contributed by atoms with van der Waals surface area (Å²) in [7, 11) is 0. The van der Waals surface area contributed by atoms with Crippen LogP contribution in [0.1, 0.15) is 21.5 Å². The molecule has 0 amide bonds. The maximum absolute atomic E-state index is 10.9. The quantitative estimate of drug-likeness (QED) is 0.481. The van der Waals surface area contributed by atoms with Gasteiger partial charge in [0.15, 0.2) is 6.29 Å². The highest BCUT2D eigenvalue weighted by atomic mass is 16.6. The van der Waals surface area contributed by atoms with Gasteiger partial charge in [0, 0.05) is 6.07 Å². The first-order valence-electron chi connectivity index (χ1n) is 6.00. The van der Waals surface area contributed by atoms with Crippen molar-refractivity contribution in [2.24, 2.45) is 0 Å². The minimum atomic E-state index is -0.592. The molecule has 0 heterocycles. The minimum absolute atomic E-state index is 0.00203. The van der Waals surface area contributed by atoms with E-state index in [4.69, 9.17) is 4.74 Å². The fourth-order valence-electron chi connectivity index (χ4n) is 1.82. The zero-order valence-electron chi connectivity index (χ0n) is 11.1. The Balaban J connectivity index is 2.37. The standard InChI is InChI=1S/C15H13NO4/c1-10-4-3-5-15(11(10)2)20-13-6-7-14(16(18)19)12(8-13)9-17/h3-9H,1-2H3. The lowest BCUT2D eigenvalue weighted by Gasteiger charge is -2.10. The van der Waals surface area contributed by atoms with Gasteiger partial charge in [0.05, 0.1) is 10.5 Å². The normalized spacial score (nSPS) is 10.1. The van der Waals surface area contributed by atoms with Crippen molar-refractivity contribution in [3.63, 3.8) is 0 Å². The van der Waals surface area contributed by atoms with E-state index in [9.17, 15) is 14.9 Å². The molecule has 5 heteroatoms. The Morgan fingerprint density at radius 1 is 1.20 bits per heavy atom. The summed E-state index contributed by atoms with van der Waals surface area (Å²) in [6.07, 6.45) is 0.452. The number of nitrogens with zero attached hydrogens (tertiary/aromatic N) is 1. The van der Waals surface area contributed by atoms with Gasteiger partial charge in [-0.3, -0.25) is 14.9 Å². The van der Waals surface area contributed by atoms with Crippen LogP contribution in [0.3, 0.4) is 0 Å². The molecule has 20 heavy (non-hydrogen) atoms. The Morgan fingerprint density at radius 2 is 1.95 bits per heavy atom. The molecule has 0 atom stereocenters. The van der Waals surface area contributed by atoms with Gasteiger partial charge in [0.25, 0.3) is 5.69 Å². The van der Waals surface area contributed by atoms with Crippen LogP contribution in [0.15, 0.2) is 36.4 Å². The summed E-state index contributed by atoms with van der Waals surface area (Å²) in [5.74, 6) is 1.06. The molecular weight excluding hydrogens is 258 g/mol. The molecule has 0 unspecified atom stereocenters. The average molecular weight is 271 g/mol. The second kappa shape index (κ2) is 5.52. The Kier molecular flexibility index (Phi) is 3.79. The van der Waals surface area contributed by atoms with Gasteiger partial charge < -0.3 is 4.74 Å². The molecule has 2 rings (SSSR count). The highest BCUT2D eigenvalue weighted by Gasteiger charge is 2.14. The fourth-order valence-corrected chi connectivity index (χ4v) is 1.82. The number of hydrogen-bond acceptors (Lipinski definition) is 4. The molecule has 0 bridgehead atoms. The molecular formula is C15H13NO4. The highest BCUT2D eigenvalue weighted by molar-refractivity contribution is 5.82. The monoisotopic (exact) mass is 271 g/mol. The van der Waals surface area contributed by atoms with Crippen LogP contribution in [-0.4, -0.2) is 11.2 Å². The van der Waals surface area contributed by atoms with Crippen LogP contribution in [0.4, 0.5) is 5.69 Å². The zero-order chi connectivity index (χ0) is 14.7. The van der Waals surface area contributed by atoms with Crippen LogP contribution in [0.25, 0.3) is 0 Å². The van der Waals surface area contributed by atoms with E-state index >= 15 is 0 Å². The van der Waals surface area contributed by atoms with E-state index in [1.54, 1.807) is 0 Å². The van der Waals surface area contributed by atoms with E-state index < -0.39 is 4.92 Å². The van der Waals surface area contributed by atoms with Crippen molar-refractivity contribution in [2.75, 3.05) is 0 Å². The van der Waals surface area contributed by atoms with Crippen LogP contribution >= 0.6 is 0 Å². The number of ether oxygens (including phenoxy) is 1. The van der Waals surface area contributed by atoms with Crippen LogP contribution in [0, 0.1) is 24.0 Å². The van der Waals surface area contributed by atoms with Crippen molar-refractivity contribution in [3.05, 3.63) is 63.2 Å². The predicted octanol–water partition coefficient (Wildman–Crippen LogP) is 3.82. The average Bonchev–Trinajstić information content (AvgIpc) is 2.43. The lowest BCUT2D eigenvalue weighted by Crippen LogP contribution is -1.96. The number of carbonyl (C=O) groups excluding carboxylic acids is 1. The topological polar surface area (TPSA) is 69.4 Å². The molecule has 0 N–H and O–H groups in total. The summed E-state index contributed by atoms with van der Waals surface area (Å²) >= 11 is 0. The summed E-state index contributed by atoms with van der Waals surface area (Å²) in [5.41, 5.74) is 1.84. The molecule has 0 spiro atoms. The third-order valence-electron chi connectivity index (χ3n) is 3.11. The van der Waals surface area contributed by atoms with E-state index in [1.807, 2.05) is 32.0 Å². The van der Waals surface area contributed by atoms with Crippen LogP contribution in [0.2, 0.25) is 0 Å². The van der Waals surface area contributed by atoms with Gasteiger partial charge in [0.1, 0.15) is 11.5 Å². The summed E-state index contributed by atoms with van der Waals surface area (Å²) in [6.45, 7) is 3.89. The summed E-state index contributed by atoms with van der Waals surface area (Å²) in [4.78, 5) is 21.1. The van der Waals surface area contributed by atoms with Crippen molar-refractivity contribution < 1.29 is 14.5 Å². The Morgan fingerprint density at radius 3 is 2.60 bits per heavy atom. The minimum Gasteiger partial charge on any atom is -0.457 e. The van der Waals surface area contributed by atoms with Crippen LogP contribution in [-0.2, 0) is 0 Å². The summed E-state index contributed by atoms with van der Waals surface area (Å²) in [5, 5.41) is 10.8. The third-order valence-corrected chi connectivity index (χ3v) is 3.11. The van der Waals surface area contributed by atoms with Gasteiger partial charge >= 0.3 is 0 Å². The molecule has 0 aliphatic carbocycles. The van der Waals surface area contributed by atoms with E-state index in [0.717, 1.165) is 11.1 Å². The zero-order valence-corrected chi connectivity index (χ0v) is 11.1. The van der Waals surface area contributed by atoms with Gasteiger partial charge in [-0.2, -0.15) is 0 Å². The molecule has 0 saturated heterocycles. The lowest BCUT2D eigenvalue weighted by atomic mass is 10.1. The molecule has 0 fully saturated rings. The molecule has 0 saturated carbocycles. The van der Waals surface area contributed by atoms with Crippen molar-refractivity contribution >= 4 is 12.0 Å². The number of hydrogen-bond donors (Lipinski definition) is 0. The van der Waals surface area contributed by atoms with E-state index in [0.29, 0.717) is 17.8 Å². The molecule has 0 aromatic heterocycles. The molecule has 2 aromatic rings. The number of aryl methyl sites for hydroxylation is 1. The fraction of sp³-hybridized carbons (Fsp3) is 0.133. The lowest BCUT2D eigenvalue weighted by molar-refractivity contribution is -0.385. The molecule has 5 nitrogen and oxygen atoms in total. The summed E-state index contributed by atoms with van der Waals surface area (Å²) < 4.78 is 5.69. The molecule has 0 aliphatic rings. The van der Waals surface area contributed by atoms with Gasteiger partial charge in [-0.1, -0.05) is 12.1 Å². The van der Waals surface area contributed by atoms with E-state index in [-0.39, 0.29) is 11.3 Å². The molecule has 102 valence electrons. The van der Waals surface area contributed by atoms with Crippen molar-refractivity contribution in [1.82, 2.24) is 0 Å². The maximum Gasteiger partial charge on any atom is 0.280 e. The molecule has 2 aromatic carbocycles. The van der Waals surface area contributed by atoms with Crippen LogP contribution in [0.5, 0.6) is 11.5 Å². The van der Waals surface area contributed by atoms with Crippen molar-refractivity contribution in [2.45, 2.75) is 13.8 Å². The summed E-state index contributed by atoms with van der Waals surface area (Å²) in [6, 6.07) is 9.76. The second-order valence-electron chi connectivity index (χ2n) is 4.40. The van der Waals surface area contributed by atoms with Gasteiger partial charge in [0.2, 0.25) is 0 Å². The highest BCUT2D eigenvalue weighted by Crippen LogP contribution is 2.29. The van der Waals surface area contributed by atoms with Gasteiger partial charge in [-0.05, 0) is 43.2 Å². The predicted molar refractivity (Wildman–Crippen MR) is 74.5 cm³/mol. The number of aldehydes is 1.